The molecule has 2 N–H and O–H groups in total. The van der Waals surface area contributed by atoms with E-state index >= 15 is 0 Å². The molecule has 1 rings (SSSR count). The predicted molar refractivity (Wildman–Crippen MR) is 48.9 cm³/mol. The van der Waals surface area contributed by atoms with Gasteiger partial charge in [0.05, 0.1) is 27.2 Å². The summed E-state index contributed by atoms with van der Waals surface area (Å²) in [5.41, 5.74) is 2.92. The Bertz CT molecular complexity index is 422. The molecule has 0 aromatic heterocycles. The molecule has 80 valence electrons. The molecule has 15 heavy (non-hydrogen) atoms. The van der Waals surface area contributed by atoms with E-state index in [9.17, 15) is 24.6 Å². The first-order chi connectivity index (χ1) is 6.86. The highest BCUT2D eigenvalue weighted by atomic mass is 19.1. The largest absolute Gasteiger partial charge is 0.396 e. The molecular formula is C7H6FN3O4. The van der Waals surface area contributed by atoms with E-state index in [1.165, 1.54) is 6.92 Å². The van der Waals surface area contributed by atoms with Gasteiger partial charge in [-0.25, -0.2) is 0 Å². The maximum absolute atomic E-state index is 13.2. The zero-order valence-corrected chi connectivity index (χ0v) is 7.56. The van der Waals surface area contributed by atoms with E-state index in [2.05, 4.69) is 0 Å². The van der Waals surface area contributed by atoms with E-state index in [0.29, 0.717) is 6.07 Å². The van der Waals surface area contributed by atoms with Crippen LogP contribution in [0.1, 0.15) is 5.56 Å². The zero-order valence-electron chi connectivity index (χ0n) is 7.56. The molecule has 0 spiro atoms. The van der Waals surface area contributed by atoms with Crippen LogP contribution in [0.25, 0.3) is 0 Å². The fraction of sp³-hybridized carbons (Fsp3) is 0.143. The lowest BCUT2D eigenvalue weighted by Gasteiger charge is -2.03. The molecule has 0 fully saturated rings. The van der Waals surface area contributed by atoms with Gasteiger partial charge in [0.15, 0.2) is 0 Å². The van der Waals surface area contributed by atoms with Crippen LogP contribution in [-0.2, 0) is 0 Å². The Kier molecular flexibility index (Phi) is 2.51. The fourth-order valence-corrected chi connectivity index (χ4v) is 1.06. The molecule has 0 atom stereocenters. The molecule has 0 heterocycles. The monoisotopic (exact) mass is 215 g/mol. The minimum absolute atomic E-state index is 0.122. The van der Waals surface area contributed by atoms with Crippen LogP contribution in [0.5, 0.6) is 0 Å². The average Bonchev–Trinajstić information content (AvgIpc) is 2.13. The van der Waals surface area contributed by atoms with Crippen LogP contribution >= 0.6 is 0 Å². The lowest BCUT2D eigenvalue weighted by molar-refractivity contribution is -0.396. The Hall–Kier alpha value is -2.25. The van der Waals surface area contributed by atoms with Gasteiger partial charge in [0.2, 0.25) is 5.82 Å². The first-order valence-electron chi connectivity index (χ1n) is 3.73. The summed E-state index contributed by atoms with van der Waals surface area (Å²) in [6, 6.07) is 0.557. The smallest absolute Gasteiger partial charge is 0.313 e. The van der Waals surface area contributed by atoms with Gasteiger partial charge in [-0.2, -0.15) is 4.39 Å². The predicted octanol–water partition coefficient (Wildman–Crippen LogP) is 1.53. The fourth-order valence-electron chi connectivity index (χ4n) is 1.06. The van der Waals surface area contributed by atoms with Crippen LogP contribution in [0.15, 0.2) is 6.07 Å². The third-order valence-corrected chi connectivity index (χ3v) is 1.92. The van der Waals surface area contributed by atoms with Gasteiger partial charge >= 0.3 is 5.69 Å². The molecular weight excluding hydrogens is 209 g/mol. The van der Waals surface area contributed by atoms with Crippen LogP contribution in [0.3, 0.4) is 0 Å². The second-order valence-electron chi connectivity index (χ2n) is 2.78. The molecule has 7 nitrogen and oxygen atoms in total. The van der Waals surface area contributed by atoms with Crippen molar-refractivity contribution in [2.24, 2.45) is 0 Å². The maximum atomic E-state index is 13.2. The highest BCUT2D eigenvalue weighted by Crippen LogP contribution is 2.33. The number of nitrogens with zero attached hydrogens (tertiary/aromatic N) is 2. The Morgan fingerprint density at radius 2 is 1.73 bits per heavy atom. The molecule has 0 unspecified atom stereocenters. The van der Waals surface area contributed by atoms with E-state index < -0.39 is 32.7 Å². The third kappa shape index (κ3) is 1.68. The highest BCUT2D eigenvalue weighted by molar-refractivity contribution is 5.64. The van der Waals surface area contributed by atoms with Crippen molar-refractivity contribution < 1.29 is 14.2 Å². The molecule has 0 radical (unpaired) electrons. The number of hydrogen-bond acceptors (Lipinski definition) is 5. The number of benzene rings is 1. The van der Waals surface area contributed by atoms with Crippen molar-refractivity contribution in [1.29, 1.82) is 0 Å². The second-order valence-corrected chi connectivity index (χ2v) is 2.78. The molecule has 0 aliphatic rings. The van der Waals surface area contributed by atoms with Crippen molar-refractivity contribution in [3.63, 3.8) is 0 Å². The summed E-state index contributed by atoms with van der Waals surface area (Å²) in [5, 5.41) is 20.8. The van der Waals surface area contributed by atoms with Gasteiger partial charge in [0, 0.05) is 0 Å². The maximum Gasteiger partial charge on any atom is 0.313 e. The lowest BCUT2D eigenvalue weighted by Crippen LogP contribution is -2.03. The van der Waals surface area contributed by atoms with Gasteiger partial charge in [-0.1, -0.05) is 0 Å². The summed E-state index contributed by atoms with van der Waals surface area (Å²) in [7, 11) is 0. The first-order valence-corrected chi connectivity index (χ1v) is 3.73. The van der Waals surface area contributed by atoms with Crippen LogP contribution in [0.4, 0.5) is 21.5 Å². The number of anilines is 1. The molecule has 0 bridgehead atoms. The molecule has 0 saturated carbocycles. The zero-order chi connectivity index (χ0) is 11.7. The summed E-state index contributed by atoms with van der Waals surface area (Å²) in [6.45, 7) is 1.22. The Morgan fingerprint density at radius 3 is 2.13 bits per heavy atom. The quantitative estimate of drug-likeness (QED) is 0.456. The summed E-state index contributed by atoms with van der Waals surface area (Å²) in [5.74, 6) is -1.25. The van der Waals surface area contributed by atoms with Gasteiger partial charge in [-0.15, -0.1) is 0 Å². The number of rotatable bonds is 2. The minimum Gasteiger partial charge on any atom is -0.396 e. The van der Waals surface area contributed by atoms with Crippen molar-refractivity contribution in [1.82, 2.24) is 0 Å². The van der Waals surface area contributed by atoms with Crippen LogP contribution in [-0.4, -0.2) is 9.85 Å². The van der Waals surface area contributed by atoms with Crippen molar-refractivity contribution in [3.05, 3.63) is 37.7 Å². The molecule has 0 aliphatic heterocycles. The van der Waals surface area contributed by atoms with E-state index in [-0.39, 0.29) is 5.56 Å². The van der Waals surface area contributed by atoms with E-state index in [4.69, 9.17) is 5.73 Å². The van der Waals surface area contributed by atoms with E-state index in [0.717, 1.165) is 0 Å². The van der Waals surface area contributed by atoms with Crippen LogP contribution in [0.2, 0.25) is 0 Å². The summed E-state index contributed by atoms with van der Waals surface area (Å²) >= 11 is 0. The molecule has 1 aromatic carbocycles. The molecule has 1 aromatic rings. The Labute approximate surface area is 82.6 Å². The van der Waals surface area contributed by atoms with Gasteiger partial charge < -0.3 is 5.73 Å². The third-order valence-electron chi connectivity index (χ3n) is 1.92. The Morgan fingerprint density at radius 1 is 1.27 bits per heavy atom. The van der Waals surface area contributed by atoms with Crippen molar-refractivity contribution in [2.75, 3.05) is 5.73 Å². The summed E-state index contributed by atoms with van der Waals surface area (Å²) in [6.07, 6.45) is 0. The minimum atomic E-state index is -1.25. The second kappa shape index (κ2) is 3.48. The van der Waals surface area contributed by atoms with Crippen LogP contribution in [0, 0.1) is 33.0 Å². The number of nitro benzene ring substituents is 2. The number of hydrogen-bond donors (Lipinski definition) is 1. The van der Waals surface area contributed by atoms with Gasteiger partial charge in [0.1, 0.15) is 0 Å². The molecule has 0 saturated heterocycles. The molecule has 0 aliphatic carbocycles. The standard InChI is InChI=1S/C7H6FN3O4/c1-3-4(10(12)13)2-5(11(14)15)6(8)7(3)9/h2H,9H2,1H3. The normalized spacial score (nSPS) is 10.0. The molecule has 8 heteroatoms. The SMILES string of the molecule is Cc1c([N+](=O)[O-])cc([N+](=O)[O-])c(F)c1N. The number of halogens is 1. The first kappa shape index (κ1) is 10.8. The van der Waals surface area contributed by atoms with Gasteiger partial charge in [-0.05, 0) is 6.92 Å². The topological polar surface area (TPSA) is 112 Å². The molecule has 0 amide bonds. The summed E-state index contributed by atoms with van der Waals surface area (Å²) in [4.78, 5) is 18.9. The van der Waals surface area contributed by atoms with E-state index in [1.807, 2.05) is 0 Å². The van der Waals surface area contributed by atoms with Gasteiger partial charge in [0.25, 0.3) is 5.69 Å². The van der Waals surface area contributed by atoms with Gasteiger partial charge in [-0.3, -0.25) is 20.2 Å². The Balaban J connectivity index is 3.59. The average molecular weight is 215 g/mol. The number of nitrogens with two attached hydrogens (primary N) is 1. The van der Waals surface area contributed by atoms with Crippen molar-refractivity contribution >= 4 is 17.1 Å². The van der Waals surface area contributed by atoms with Crippen molar-refractivity contribution in [2.45, 2.75) is 6.92 Å². The number of nitrogen functional groups attached to an aromatic ring is 1. The summed E-state index contributed by atoms with van der Waals surface area (Å²) < 4.78 is 13.2. The number of nitro groups is 2. The van der Waals surface area contributed by atoms with Crippen LogP contribution < -0.4 is 5.73 Å². The van der Waals surface area contributed by atoms with Crippen molar-refractivity contribution in [3.8, 4) is 0 Å². The highest BCUT2D eigenvalue weighted by Gasteiger charge is 2.26. The van der Waals surface area contributed by atoms with E-state index in [1.54, 1.807) is 0 Å². The lowest BCUT2D eigenvalue weighted by atomic mass is 10.1.